The molecular formula is C17H29N3O3. The summed E-state index contributed by atoms with van der Waals surface area (Å²) in [7, 11) is 3.85. The molecule has 0 radical (unpaired) electrons. The minimum Gasteiger partial charge on any atom is -0.384 e. The molecule has 0 bridgehead atoms. The van der Waals surface area contributed by atoms with Gasteiger partial charge in [0.2, 0.25) is 5.89 Å². The van der Waals surface area contributed by atoms with E-state index in [2.05, 4.69) is 29.0 Å². The molecule has 0 amide bonds. The number of hydrogen-bond acceptors (Lipinski definition) is 6. The summed E-state index contributed by atoms with van der Waals surface area (Å²) in [5.41, 5.74) is 0.351. The van der Waals surface area contributed by atoms with E-state index in [1.165, 1.54) is 25.7 Å². The molecule has 0 unspecified atom stereocenters. The summed E-state index contributed by atoms with van der Waals surface area (Å²) in [6, 6.07) is 0.566. The van der Waals surface area contributed by atoms with Crippen LogP contribution < -0.4 is 0 Å². The Morgan fingerprint density at radius 2 is 2.13 bits per heavy atom. The quantitative estimate of drug-likeness (QED) is 0.732. The van der Waals surface area contributed by atoms with Gasteiger partial charge in [-0.2, -0.15) is 4.98 Å². The van der Waals surface area contributed by atoms with Crippen molar-refractivity contribution in [2.24, 2.45) is 5.41 Å². The first kappa shape index (κ1) is 16.9. The zero-order chi connectivity index (χ0) is 16.3. The van der Waals surface area contributed by atoms with E-state index in [1.54, 1.807) is 7.11 Å². The van der Waals surface area contributed by atoms with Gasteiger partial charge in [0.1, 0.15) is 0 Å². The lowest BCUT2D eigenvalue weighted by atomic mass is 9.60. The third kappa shape index (κ3) is 3.30. The number of rotatable bonds is 8. The van der Waals surface area contributed by atoms with Crippen molar-refractivity contribution in [3.05, 3.63) is 11.7 Å². The van der Waals surface area contributed by atoms with Crippen LogP contribution in [0.1, 0.15) is 50.7 Å². The SMILES string of the molecule is CCO[C@H]1C[C@H](N(C)Cc2nc(CCOC)no2)C12CCCC2. The first-order valence-corrected chi connectivity index (χ1v) is 8.82. The molecule has 23 heavy (non-hydrogen) atoms. The molecule has 0 N–H and O–H groups in total. The van der Waals surface area contributed by atoms with Crippen molar-refractivity contribution in [3.63, 3.8) is 0 Å². The topological polar surface area (TPSA) is 60.6 Å². The minimum atomic E-state index is 0.351. The summed E-state index contributed by atoms with van der Waals surface area (Å²) in [6.07, 6.45) is 7.48. The molecule has 0 aliphatic heterocycles. The first-order valence-electron chi connectivity index (χ1n) is 8.82. The van der Waals surface area contributed by atoms with Gasteiger partial charge in [-0.1, -0.05) is 18.0 Å². The van der Waals surface area contributed by atoms with E-state index in [1.807, 2.05) is 0 Å². The Bertz CT molecular complexity index is 499. The van der Waals surface area contributed by atoms with E-state index in [0.29, 0.717) is 43.0 Å². The second-order valence-electron chi connectivity index (χ2n) is 6.90. The van der Waals surface area contributed by atoms with Crippen molar-refractivity contribution in [2.45, 2.75) is 64.1 Å². The monoisotopic (exact) mass is 323 g/mol. The van der Waals surface area contributed by atoms with Crippen molar-refractivity contribution in [1.82, 2.24) is 15.0 Å². The van der Waals surface area contributed by atoms with Crippen LogP contribution in [0.25, 0.3) is 0 Å². The molecule has 1 aromatic heterocycles. The van der Waals surface area contributed by atoms with Crippen LogP contribution in [0.2, 0.25) is 0 Å². The fraction of sp³-hybridized carbons (Fsp3) is 0.882. The molecule has 2 saturated carbocycles. The fourth-order valence-electron chi connectivity index (χ4n) is 4.44. The highest BCUT2D eigenvalue weighted by molar-refractivity contribution is 5.10. The predicted octanol–water partition coefficient (Wildman–Crippen LogP) is 2.43. The van der Waals surface area contributed by atoms with Gasteiger partial charge in [0, 0.05) is 31.6 Å². The molecular weight excluding hydrogens is 294 g/mol. The van der Waals surface area contributed by atoms with Crippen LogP contribution in [-0.4, -0.2) is 54.6 Å². The zero-order valence-electron chi connectivity index (χ0n) is 14.6. The predicted molar refractivity (Wildman–Crippen MR) is 86.1 cm³/mol. The zero-order valence-corrected chi connectivity index (χ0v) is 14.6. The lowest BCUT2D eigenvalue weighted by Gasteiger charge is -2.57. The molecule has 1 heterocycles. The Kier molecular flexibility index (Phi) is 5.34. The average molecular weight is 323 g/mol. The number of aromatic nitrogens is 2. The van der Waals surface area contributed by atoms with Crippen molar-refractivity contribution >= 4 is 0 Å². The van der Waals surface area contributed by atoms with Gasteiger partial charge < -0.3 is 14.0 Å². The van der Waals surface area contributed by atoms with Crippen molar-refractivity contribution < 1.29 is 14.0 Å². The Labute approximate surface area is 138 Å². The Balaban J connectivity index is 1.59. The van der Waals surface area contributed by atoms with Gasteiger partial charge in [0.05, 0.1) is 19.3 Å². The maximum Gasteiger partial charge on any atom is 0.240 e. The van der Waals surface area contributed by atoms with Gasteiger partial charge in [-0.3, -0.25) is 4.90 Å². The number of nitrogens with zero attached hydrogens (tertiary/aromatic N) is 3. The molecule has 1 aromatic rings. The highest BCUT2D eigenvalue weighted by Crippen LogP contribution is 2.56. The van der Waals surface area contributed by atoms with E-state index in [9.17, 15) is 0 Å². The Morgan fingerprint density at radius 1 is 1.35 bits per heavy atom. The summed E-state index contributed by atoms with van der Waals surface area (Å²) >= 11 is 0. The maximum atomic E-state index is 6.00. The van der Waals surface area contributed by atoms with E-state index in [-0.39, 0.29) is 0 Å². The molecule has 1 spiro atoms. The lowest BCUT2D eigenvalue weighted by molar-refractivity contribution is -0.163. The van der Waals surface area contributed by atoms with Gasteiger partial charge in [0.15, 0.2) is 5.82 Å². The highest BCUT2D eigenvalue weighted by Gasteiger charge is 2.57. The van der Waals surface area contributed by atoms with Gasteiger partial charge >= 0.3 is 0 Å². The van der Waals surface area contributed by atoms with Gasteiger partial charge in [-0.05, 0) is 33.2 Å². The van der Waals surface area contributed by atoms with Gasteiger partial charge in [0.25, 0.3) is 0 Å². The van der Waals surface area contributed by atoms with Gasteiger partial charge in [-0.25, -0.2) is 0 Å². The van der Waals surface area contributed by atoms with Crippen LogP contribution in [0.5, 0.6) is 0 Å². The van der Waals surface area contributed by atoms with Crippen LogP contribution in [0.3, 0.4) is 0 Å². The first-order chi connectivity index (χ1) is 11.2. The largest absolute Gasteiger partial charge is 0.384 e. The second kappa shape index (κ2) is 7.28. The molecule has 2 aliphatic rings. The Hall–Kier alpha value is -0.980. The maximum absolute atomic E-state index is 6.00. The smallest absolute Gasteiger partial charge is 0.240 e. The third-order valence-corrected chi connectivity index (χ3v) is 5.60. The van der Waals surface area contributed by atoms with Crippen molar-refractivity contribution in [2.75, 3.05) is 27.4 Å². The molecule has 0 aromatic carbocycles. The summed E-state index contributed by atoms with van der Waals surface area (Å²) in [4.78, 5) is 6.85. The standard InChI is InChI=1S/C17H29N3O3/c1-4-22-14-11-13(17(14)8-5-6-9-17)20(2)12-16-18-15(19-23-16)7-10-21-3/h13-14H,4-12H2,1-3H3/t13-,14-/m0/s1. The third-order valence-electron chi connectivity index (χ3n) is 5.60. The number of ether oxygens (including phenoxy) is 2. The van der Waals surface area contributed by atoms with E-state index < -0.39 is 0 Å². The molecule has 2 aliphatic carbocycles. The molecule has 3 rings (SSSR count). The van der Waals surface area contributed by atoms with E-state index >= 15 is 0 Å². The van der Waals surface area contributed by atoms with Crippen LogP contribution in [0.15, 0.2) is 4.52 Å². The van der Waals surface area contributed by atoms with Crippen LogP contribution in [-0.2, 0) is 22.4 Å². The summed E-state index contributed by atoms with van der Waals surface area (Å²) in [5, 5.41) is 4.03. The molecule has 130 valence electrons. The summed E-state index contributed by atoms with van der Waals surface area (Å²) < 4.78 is 16.4. The average Bonchev–Trinajstić information content (AvgIpc) is 3.19. The van der Waals surface area contributed by atoms with Crippen LogP contribution in [0.4, 0.5) is 0 Å². The molecule has 2 fully saturated rings. The normalized spacial score (nSPS) is 26.1. The molecule has 6 heteroatoms. The second-order valence-corrected chi connectivity index (χ2v) is 6.90. The lowest BCUT2D eigenvalue weighted by Crippen LogP contribution is -2.62. The van der Waals surface area contributed by atoms with Gasteiger partial charge in [-0.15, -0.1) is 0 Å². The summed E-state index contributed by atoms with van der Waals surface area (Å²) in [6.45, 7) is 4.25. The van der Waals surface area contributed by atoms with E-state index in [4.69, 9.17) is 14.0 Å². The number of hydrogen-bond donors (Lipinski definition) is 0. The fourth-order valence-corrected chi connectivity index (χ4v) is 4.44. The molecule has 0 saturated heterocycles. The van der Waals surface area contributed by atoms with Crippen LogP contribution >= 0.6 is 0 Å². The van der Waals surface area contributed by atoms with E-state index in [0.717, 1.165) is 18.9 Å². The van der Waals surface area contributed by atoms with Crippen molar-refractivity contribution in [1.29, 1.82) is 0 Å². The Morgan fingerprint density at radius 3 is 2.83 bits per heavy atom. The minimum absolute atomic E-state index is 0.351. The molecule has 6 nitrogen and oxygen atoms in total. The number of methoxy groups -OCH3 is 1. The van der Waals surface area contributed by atoms with Crippen molar-refractivity contribution in [3.8, 4) is 0 Å². The highest BCUT2D eigenvalue weighted by atomic mass is 16.5. The molecule has 2 atom stereocenters. The summed E-state index contributed by atoms with van der Waals surface area (Å²) in [5.74, 6) is 1.43. The van der Waals surface area contributed by atoms with Crippen LogP contribution in [0, 0.1) is 5.41 Å².